The molecule has 0 aliphatic rings. The Morgan fingerprint density at radius 3 is 2.05 bits per heavy atom. The zero-order valence-corrected chi connectivity index (χ0v) is 13.2. The lowest BCUT2D eigenvalue weighted by atomic mass is 9.92. The summed E-state index contributed by atoms with van der Waals surface area (Å²) in [7, 11) is 0. The predicted octanol–water partition coefficient (Wildman–Crippen LogP) is 4.62. The molecular weight excluding hydrogens is 242 g/mol. The number of aryl methyl sites for hydroxylation is 4. The van der Waals surface area contributed by atoms with E-state index in [0.717, 1.165) is 6.54 Å². The summed E-state index contributed by atoms with van der Waals surface area (Å²) in [6, 6.07) is 13.8. The molecule has 0 spiro atoms. The van der Waals surface area contributed by atoms with Gasteiger partial charge in [-0.3, -0.25) is 0 Å². The summed E-state index contributed by atoms with van der Waals surface area (Å²) in [5.74, 6) is 0. The van der Waals surface area contributed by atoms with Crippen LogP contribution in [0.4, 0.5) is 0 Å². The monoisotopic (exact) mass is 267 g/mol. The second kappa shape index (κ2) is 6.23. The van der Waals surface area contributed by atoms with Gasteiger partial charge in [0.05, 0.1) is 6.04 Å². The van der Waals surface area contributed by atoms with Gasteiger partial charge in [0.25, 0.3) is 0 Å². The number of hydrogen-bond donors (Lipinski definition) is 1. The van der Waals surface area contributed by atoms with Crippen molar-refractivity contribution in [1.29, 1.82) is 0 Å². The highest BCUT2D eigenvalue weighted by Crippen LogP contribution is 2.27. The van der Waals surface area contributed by atoms with Gasteiger partial charge in [-0.2, -0.15) is 0 Å². The largest absolute Gasteiger partial charge is 0.307 e. The van der Waals surface area contributed by atoms with E-state index in [1.165, 1.54) is 33.4 Å². The molecule has 20 heavy (non-hydrogen) atoms. The van der Waals surface area contributed by atoms with Crippen LogP contribution in [0.5, 0.6) is 0 Å². The van der Waals surface area contributed by atoms with Gasteiger partial charge in [-0.1, -0.05) is 60.0 Å². The molecule has 0 amide bonds. The van der Waals surface area contributed by atoms with Gasteiger partial charge in [-0.05, 0) is 50.9 Å². The normalized spacial score (nSPS) is 12.4. The highest BCUT2D eigenvalue weighted by atomic mass is 14.9. The molecule has 1 unspecified atom stereocenters. The number of benzene rings is 2. The maximum absolute atomic E-state index is 3.63. The smallest absolute Gasteiger partial charge is 0.0579 e. The molecule has 0 fully saturated rings. The molecule has 1 N–H and O–H groups in total. The van der Waals surface area contributed by atoms with Crippen molar-refractivity contribution in [3.8, 4) is 0 Å². The van der Waals surface area contributed by atoms with Crippen LogP contribution < -0.4 is 5.32 Å². The minimum atomic E-state index is 0.277. The zero-order valence-electron chi connectivity index (χ0n) is 13.2. The van der Waals surface area contributed by atoms with Crippen LogP contribution in [0.2, 0.25) is 0 Å². The fourth-order valence-corrected chi connectivity index (χ4v) is 2.94. The molecule has 2 aromatic rings. The number of hydrogen-bond acceptors (Lipinski definition) is 1. The highest BCUT2D eigenvalue weighted by Gasteiger charge is 2.15. The highest BCUT2D eigenvalue weighted by molar-refractivity contribution is 5.41. The molecule has 0 saturated heterocycles. The van der Waals surface area contributed by atoms with E-state index in [4.69, 9.17) is 0 Å². The van der Waals surface area contributed by atoms with E-state index in [2.05, 4.69) is 76.3 Å². The van der Waals surface area contributed by atoms with Crippen molar-refractivity contribution in [1.82, 2.24) is 5.32 Å². The molecule has 0 bridgehead atoms. The van der Waals surface area contributed by atoms with Crippen LogP contribution in [0.15, 0.2) is 36.4 Å². The first-order valence-electron chi connectivity index (χ1n) is 7.40. The molecule has 0 heterocycles. The van der Waals surface area contributed by atoms with Crippen LogP contribution in [-0.2, 0) is 0 Å². The topological polar surface area (TPSA) is 12.0 Å². The Labute approximate surface area is 123 Å². The molecule has 0 radical (unpaired) electrons. The maximum Gasteiger partial charge on any atom is 0.0579 e. The third-order valence-electron chi connectivity index (χ3n) is 3.72. The Hall–Kier alpha value is -1.60. The first-order chi connectivity index (χ1) is 9.51. The quantitative estimate of drug-likeness (QED) is 0.852. The van der Waals surface area contributed by atoms with E-state index in [-0.39, 0.29) is 6.04 Å². The van der Waals surface area contributed by atoms with Gasteiger partial charge >= 0.3 is 0 Å². The first kappa shape index (κ1) is 14.8. The number of rotatable bonds is 4. The SMILES string of the molecule is CCNC(c1cc(C)cc(C)c1)c1ccc(C)cc1C. The van der Waals surface area contributed by atoms with Crippen molar-refractivity contribution in [3.63, 3.8) is 0 Å². The molecular formula is C19H25N. The van der Waals surface area contributed by atoms with Crippen LogP contribution in [0, 0.1) is 27.7 Å². The van der Waals surface area contributed by atoms with Gasteiger partial charge in [-0.25, -0.2) is 0 Å². The molecule has 0 aromatic heterocycles. The Bertz CT molecular complexity index is 578. The van der Waals surface area contributed by atoms with Crippen LogP contribution >= 0.6 is 0 Å². The Balaban J connectivity index is 2.49. The second-order valence-corrected chi connectivity index (χ2v) is 5.77. The average Bonchev–Trinajstić information content (AvgIpc) is 2.35. The summed E-state index contributed by atoms with van der Waals surface area (Å²) in [6.45, 7) is 11.8. The maximum atomic E-state index is 3.63. The van der Waals surface area contributed by atoms with E-state index < -0.39 is 0 Å². The molecule has 0 aliphatic heterocycles. The van der Waals surface area contributed by atoms with Crippen LogP contribution in [0.3, 0.4) is 0 Å². The third kappa shape index (κ3) is 3.29. The zero-order chi connectivity index (χ0) is 14.7. The fourth-order valence-electron chi connectivity index (χ4n) is 2.94. The van der Waals surface area contributed by atoms with Crippen molar-refractivity contribution in [2.24, 2.45) is 0 Å². The Kier molecular flexibility index (Phi) is 4.61. The summed E-state index contributed by atoms with van der Waals surface area (Å²) < 4.78 is 0. The van der Waals surface area contributed by atoms with Crippen LogP contribution in [0.1, 0.15) is 46.3 Å². The van der Waals surface area contributed by atoms with E-state index in [9.17, 15) is 0 Å². The van der Waals surface area contributed by atoms with Gasteiger partial charge in [-0.15, -0.1) is 0 Å². The second-order valence-electron chi connectivity index (χ2n) is 5.77. The van der Waals surface area contributed by atoms with Gasteiger partial charge in [0, 0.05) is 0 Å². The summed E-state index contributed by atoms with van der Waals surface area (Å²) in [5, 5.41) is 3.63. The molecule has 106 valence electrons. The lowest BCUT2D eigenvalue weighted by Crippen LogP contribution is -2.23. The van der Waals surface area contributed by atoms with Gasteiger partial charge < -0.3 is 5.32 Å². The molecule has 0 saturated carbocycles. The minimum Gasteiger partial charge on any atom is -0.307 e. The molecule has 0 aliphatic carbocycles. The number of nitrogens with one attached hydrogen (secondary N) is 1. The Morgan fingerprint density at radius 2 is 1.50 bits per heavy atom. The summed E-state index contributed by atoms with van der Waals surface area (Å²) in [5.41, 5.74) is 8.07. The van der Waals surface area contributed by atoms with Gasteiger partial charge in [0.2, 0.25) is 0 Å². The average molecular weight is 267 g/mol. The summed E-state index contributed by atoms with van der Waals surface area (Å²) >= 11 is 0. The van der Waals surface area contributed by atoms with E-state index in [1.807, 2.05) is 0 Å². The van der Waals surface area contributed by atoms with Gasteiger partial charge in [0.15, 0.2) is 0 Å². The third-order valence-corrected chi connectivity index (χ3v) is 3.72. The van der Waals surface area contributed by atoms with E-state index in [0.29, 0.717) is 0 Å². The molecule has 1 heteroatoms. The fraction of sp³-hybridized carbons (Fsp3) is 0.368. The predicted molar refractivity (Wildman–Crippen MR) is 87.4 cm³/mol. The Morgan fingerprint density at radius 1 is 0.850 bits per heavy atom. The van der Waals surface area contributed by atoms with Crippen LogP contribution in [0.25, 0.3) is 0 Å². The van der Waals surface area contributed by atoms with Gasteiger partial charge in [0.1, 0.15) is 0 Å². The van der Waals surface area contributed by atoms with Crippen molar-refractivity contribution in [2.75, 3.05) is 6.54 Å². The van der Waals surface area contributed by atoms with Crippen molar-refractivity contribution >= 4 is 0 Å². The lowest BCUT2D eigenvalue weighted by molar-refractivity contribution is 0.627. The van der Waals surface area contributed by atoms with Crippen LogP contribution in [-0.4, -0.2) is 6.54 Å². The minimum absolute atomic E-state index is 0.277. The summed E-state index contributed by atoms with van der Waals surface area (Å²) in [6.07, 6.45) is 0. The lowest BCUT2D eigenvalue weighted by Gasteiger charge is -2.22. The van der Waals surface area contributed by atoms with Crippen molar-refractivity contribution < 1.29 is 0 Å². The van der Waals surface area contributed by atoms with Crippen molar-refractivity contribution in [3.05, 3.63) is 69.8 Å². The molecule has 2 aromatic carbocycles. The molecule has 2 rings (SSSR count). The van der Waals surface area contributed by atoms with E-state index >= 15 is 0 Å². The first-order valence-corrected chi connectivity index (χ1v) is 7.40. The molecule has 1 atom stereocenters. The van der Waals surface area contributed by atoms with Crippen molar-refractivity contribution in [2.45, 2.75) is 40.7 Å². The standard InChI is InChI=1S/C19H25N/c1-6-20-19(17-11-14(3)9-15(4)12-17)18-8-7-13(2)10-16(18)5/h7-12,19-20H,6H2,1-5H3. The van der Waals surface area contributed by atoms with E-state index in [1.54, 1.807) is 0 Å². The summed E-state index contributed by atoms with van der Waals surface area (Å²) in [4.78, 5) is 0. The molecule has 1 nitrogen and oxygen atoms in total.